The molecule has 0 radical (unpaired) electrons. The third-order valence-electron chi connectivity index (χ3n) is 3.02. The molecule has 0 amide bonds. The third kappa shape index (κ3) is 3.82. The van der Waals surface area contributed by atoms with Gasteiger partial charge >= 0.3 is 0 Å². The molecule has 1 heteroatoms. The lowest BCUT2D eigenvalue weighted by atomic mass is 10.1. The van der Waals surface area contributed by atoms with Crippen molar-refractivity contribution in [1.29, 1.82) is 0 Å². The van der Waals surface area contributed by atoms with Gasteiger partial charge in [-0.2, -0.15) is 0 Å². The van der Waals surface area contributed by atoms with E-state index in [-0.39, 0.29) is 0 Å². The standard InChI is InChI=1S/C15H21N/c1-2-13-6-8-14(9-7-13)5-3-4-12-16-15-10-11-15/h3,5-9,15-16H,2,4,10-12H2,1H3. The Labute approximate surface area is 98.6 Å². The smallest absolute Gasteiger partial charge is 0.00683 e. The van der Waals surface area contributed by atoms with Gasteiger partial charge in [-0.3, -0.25) is 0 Å². The third-order valence-corrected chi connectivity index (χ3v) is 3.02. The lowest BCUT2D eigenvalue weighted by Crippen LogP contribution is -2.16. The summed E-state index contributed by atoms with van der Waals surface area (Å²) in [4.78, 5) is 0. The lowest BCUT2D eigenvalue weighted by molar-refractivity contribution is 0.691. The zero-order valence-electron chi connectivity index (χ0n) is 10.1. The minimum atomic E-state index is 0.831. The molecule has 0 bridgehead atoms. The quantitative estimate of drug-likeness (QED) is 0.717. The van der Waals surface area contributed by atoms with Crippen LogP contribution in [0.5, 0.6) is 0 Å². The Kier molecular flexibility index (Phi) is 4.17. The summed E-state index contributed by atoms with van der Waals surface area (Å²) >= 11 is 0. The number of hydrogen-bond donors (Lipinski definition) is 1. The van der Waals surface area contributed by atoms with E-state index in [1.165, 1.54) is 24.0 Å². The summed E-state index contributed by atoms with van der Waals surface area (Å²) in [5.41, 5.74) is 2.72. The van der Waals surface area contributed by atoms with Crippen molar-refractivity contribution in [2.75, 3.05) is 6.54 Å². The molecule has 0 aliphatic heterocycles. The van der Waals surface area contributed by atoms with Gasteiger partial charge < -0.3 is 5.32 Å². The summed E-state index contributed by atoms with van der Waals surface area (Å²) < 4.78 is 0. The van der Waals surface area contributed by atoms with Gasteiger partial charge in [-0.15, -0.1) is 0 Å². The van der Waals surface area contributed by atoms with Gasteiger partial charge in [0.15, 0.2) is 0 Å². The first-order valence-electron chi connectivity index (χ1n) is 6.37. The van der Waals surface area contributed by atoms with E-state index in [9.17, 15) is 0 Å². The summed E-state index contributed by atoms with van der Waals surface area (Å²) in [6.45, 7) is 3.31. The fourth-order valence-electron chi connectivity index (χ4n) is 1.74. The van der Waals surface area contributed by atoms with Crippen LogP contribution < -0.4 is 5.32 Å². The highest BCUT2D eigenvalue weighted by molar-refractivity contribution is 5.49. The average Bonchev–Trinajstić information content (AvgIpc) is 3.13. The van der Waals surface area contributed by atoms with Crippen LogP contribution in [-0.4, -0.2) is 12.6 Å². The molecule has 2 rings (SSSR count). The molecule has 86 valence electrons. The molecule has 16 heavy (non-hydrogen) atoms. The molecule has 0 heterocycles. The molecule has 1 aliphatic rings. The Bertz CT molecular complexity index is 333. The van der Waals surface area contributed by atoms with Crippen LogP contribution in [0.4, 0.5) is 0 Å². The zero-order chi connectivity index (χ0) is 11.2. The molecule has 0 aromatic heterocycles. The van der Waals surface area contributed by atoms with E-state index in [2.05, 4.69) is 48.7 Å². The number of nitrogens with one attached hydrogen (secondary N) is 1. The molecule has 0 atom stereocenters. The second-order valence-corrected chi connectivity index (χ2v) is 4.51. The van der Waals surface area contributed by atoms with Crippen molar-refractivity contribution in [3.8, 4) is 0 Å². The molecular formula is C15H21N. The van der Waals surface area contributed by atoms with E-state index in [1.54, 1.807) is 0 Å². The second kappa shape index (κ2) is 5.86. The van der Waals surface area contributed by atoms with Crippen molar-refractivity contribution in [2.45, 2.75) is 38.6 Å². The molecule has 1 nitrogen and oxygen atoms in total. The van der Waals surface area contributed by atoms with Crippen molar-refractivity contribution in [1.82, 2.24) is 5.32 Å². The van der Waals surface area contributed by atoms with Crippen molar-refractivity contribution in [2.24, 2.45) is 0 Å². The topological polar surface area (TPSA) is 12.0 Å². The Balaban J connectivity index is 1.71. The maximum absolute atomic E-state index is 3.51. The predicted molar refractivity (Wildman–Crippen MR) is 70.5 cm³/mol. The first-order valence-corrected chi connectivity index (χ1v) is 6.37. The SMILES string of the molecule is CCc1ccc(C=CCCNC2CC2)cc1. The normalized spacial score (nSPS) is 15.8. The van der Waals surface area contributed by atoms with Crippen molar-refractivity contribution in [3.63, 3.8) is 0 Å². The van der Waals surface area contributed by atoms with Crippen LogP contribution in [0.1, 0.15) is 37.3 Å². The predicted octanol–water partition coefficient (Wildman–Crippen LogP) is 3.40. The average molecular weight is 215 g/mol. The van der Waals surface area contributed by atoms with E-state index in [0.717, 1.165) is 25.4 Å². The summed E-state index contributed by atoms with van der Waals surface area (Å²) in [6, 6.07) is 9.65. The first-order chi connectivity index (χ1) is 7.88. The maximum Gasteiger partial charge on any atom is 0.00683 e. The van der Waals surface area contributed by atoms with Gasteiger partial charge in [0.1, 0.15) is 0 Å². The Morgan fingerprint density at radius 2 is 2.00 bits per heavy atom. The van der Waals surface area contributed by atoms with Gasteiger partial charge in [0.2, 0.25) is 0 Å². The van der Waals surface area contributed by atoms with Crippen molar-refractivity contribution < 1.29 is 0 Å². The highest BCUT2D eigenvalue weighted by Gasteiger charge is 2.19. The minimum absolute atomic E-state index is 0.831. The summed E-state index contributed by atoms with van der Waals surface area (Å²) in [5.74, 6) is 0. The molecule has 1 aromatic carbocycles. The van der Waals surface area contributed by atoms with E-state index in [4.69, 9.17) is 0 Å². The molecule has 1 saturated carbocycles. The van der Waals surface area contributed by atoms with E-state index < -0.39 is 0 Å². The van der Waals surface area contributed by atoms with Crippen molar-refractivity contribution >= 4 is 6.08 Å². The van der Waals surface area contributed by atoms with Crippen molar-refractivity contribution in [3.05, 3.63) is 41.5 Å². The second-order valence-electron chi connectivity index (χ2n) is 4.51. The Morgan fingerprint density at radius 3 is 2.62 bits per heavy atom. The van der Waals surface area contributed by atoms with Gasteiger partial charge in [-0.1, -0.05) is 43.3 Å². The monoisotopic (exact) mass is 215 g/mol. The van der Waals surface area contributed by atoms with Gasteiger partial charge in [0.25, 0.3) is 0 Å². The van der Waals surface area contributed by atoms with E-state index >= 15 is 0 Å². The molecule has 0 unspecified atom stereocenters. The number of hydrogen-bond acceptors (Lipinski definition) is 1. The molecule has 1 N–H and O–H groups in total. The number of rotatable bonds is 6. The fraction of sp³-hybridized carbons (Fsp3) is 0.467. The van der Waals surface area contributed by atoms with Crippen LogP contribution in [0, 0.1) is 0 Å². The van der Waals surface area contributed by atoms with E-state index in [1.807, 2.05) is 0 Å². The van der Waals surface area contributed by atoms with Crippen LogP contribution in [0.2, 0.25) is 0 Å². The van der Waals surface area contributed by atoms with Gasteiger partial charge in [-0.05, 0) is 43.4 Å². The number of benzene rings is 1. The highest BCUT2D eigenvalue weighted by Crippen LogP contribution is 2.18. The lowest BCUT2D eigenvalue weighted by Gasteiger charge is -1.99. The van der Waals surface area contributed by atoms with Crippen LogP contribution in [0.25, 0.3) is 6.08 Å². The summed E-state index contributed by atoms with van der Waals surface area (Å²) in [6.07, 6.45) is 9.48. The molecular weight excluding hydrogens is 194 g/mol. The summed E-state index contributed by atoms with van der Waals surface area (Å²) in [5, 5.41) is 3.51. The Morgan fingerprint density at radius 1 is 1.25 bits per heavy atom. The number of aryl methyl sites for hydroxylation is 1. The largest absolute Gasteiger partial charge is 0.314 e. The van der Waals surface area contributed by atoms with Gasteiger partial charge in [0.05, 0.1) is 0 Å². The van der Waals surface area contributed by atoms with Gasteiger partial charge in [0, 0.05) is 6.04 Å². The highest BCUT2D eigenvalue weighted by atomic mass is 14.9. The van der Waals surface area contributed by atoms with Crippen LogP contribution in [0.15, 0.2) is 30.3 Å². The Hall–Kier alpha value is -1.08. The molecule has 1 aromatic rings. The molecule has 1 aliphatic carbocycles. The van der Waals surface area contributed by atoms with E-state index in [0.29, 0.717) is 0 Å². The zero-order valence-corrected chi connectivity index (χ0v) is 10.1. The van der Waals surface area contributed by atoms with Crippen LogP contribution in [-0.2, 0) is 6.42 Å². The van der Waals surface area contributed by atoms with Crippen LogP contribution >= 0.6 is 0 Å². The van der Waals surface area contributed by atoms with Gasteiger partial charge in [-0.25, -0.2) is 0 Å². The summed E-state index contributed by atoms with van der Waals surface area (Å²) in [7, 11) is 0. The maximum atomic E-state index is 3.51. The fourth-order valence-corrected chi connectivity index (χ4v) is 1.74. The minimum Gasteiger partial charge on any atom is -0.314 e. The van der Waals surface area contributed by atoms with Crippen LogP contribution in [0.3, 0.4) is 0 Å². The molecule has 1 fully saturated rings. The molecule has 0 saturated heterocycles. The first kappa shape index (κ1) is 11.4. The molecule has 0 spiro atoms.